The lowest BCUT2D eigenvalue weighted by atomic mass is 10.3. The Morgan fingerprint density at radius 3 is 3.06 bits per heavy atom. The van der Waals surface area contributed by atoms with Gasteiger partial charge in [0.25, 0.3) is 0 Å². The molecule has 0 atom stereocenters. The van der Waals surface area contributed by atoms with Gasteiger partial charge in [0.2, 0.25) is 0 Å². The normalized spacial score (nSPS) is 10.6. The fourth-order valence-corrected chi connectivity index (χ4v) is 1.96. The van der Waals surface area contributed by atoms with E-state index in [1.807, 2.05) is 12.3 Å². The van der Waals surface area contributed by atoms with Crippen LogP contribution in [0.2, 0.25) is 0 Å². The number of rotatable bonds is 8. The molecule has 0 unspecified atom stereocenters. The van der Waals surface area contributed by atoms with Crippen molar-refractivity contribution in [3.8, 4) is 0 Å². The first kappa shape index (κ1) is 13.1. The summed E-state index contributed by atoms with van der Waals surface area (Å²) in [6.07, 6.45) is 0.958. The summed E-state index contributed by atoms with van der Waals surface area (Å²) >= 11 is 1.17. The standard InChI is InChI=1S/C10H16N2O3S/c1-2-15-5-3-4-11-7-9-6-10(12(13)14)16-8-9/h6,8,11H,2-5,7H2,1H3. The van der Waals surface area contributed by atoms with Gasteiger partial charge in [0.15, 0.2) is 0 Å². The van der Waals surface area contributed by atoms with Crippen LogP contribution in [0.1, 0.15) is 18.9 Å². The minimum absolute atomic E-state index is 0.200. The Balaban J connectivity index is 2.14. The van der Waals surface area contributed by atoms with Gasteiger partial charge in [-0.1, -0.05) is 11.3 Å². The van der Waals surface area contributed by atoms with Gasteiger partial charge in [-0.2, -0.15) is 0 Å². The highest BCUT2D eigenvalue weighted by molar-refractivity contribution is 7.13. The smallest absolute Gasteiger partial charge is 0.324 e. The van der Waals surface area contributed by atoms with Crippen molar-refractivity contribution in [2.75, 3.05) is 19.8 Å². The van der Waals surface area contributed by atoms with Gasteiger partial charge < -0.3 is 10.1 Å². The Bertz CT molecular complexity index is 328. The Hall–Kier alpha value is -0.980. The fraction of sp³-hybridized carbons (Fsp3) is 0.600. The lowest BCUT2D eigenvalue weighted by Gasteiger charge is -2.02. The molecule has 0 fully saturated rings. The average molecular weight is 244 g/mol. The van der Waals surface area contributed by atoms with Gasteiger partial charge >= 0.3 is 5.00 Å². The molecule has 1 aromatic heterocycles. The van der Waals surface area contributed by atoms with Gasteiger partial charge in [0.05, 0.1) is 4.92 Å². The van der Waals surface area contributed by atoms with Crippen molar-refractivity contribution < 1.29 is 9.66 Å². The molecule has 5 nitrogen and oxygen atoms in total. The summed E-state index contributed by atoms with van der Waals surface area (Å²) in [4.78, 5) is 10.1. The van der Waals surface area contributed by atoms with Crippen LogP contribution in [0.3, 0.4) is 0 Å². The quantitative estimate of drug-likeness (QED) is 0.432. The van der Waals surface area contributed by atoms with E-state index < -0.39 is 0 Å². The molecule has 16 heavy (non-hydrogen) atoms. The zero-order chi connectivity index (χ0) is 11.8. The van der Waals surface area contributed by atoms with Crippen molar-refractivity contribution in [1.82, 2.24) is 5.32 Å². The fourth-order valence-electron chi connectivity index (χ4n) is 1.23. The highest BCUT2D eigenvalue weighted by Crippen LogP contribution is 2.22. The molecule has 0 aliphatic rings. The molecular formula is C10H16N2O3S. The highest BCUT2D eigenvalue weighted by Gasteiger charge is 2.08. The molecule has 0 saturated carbocycles. The van der Waals surface area contributed by atoms with Gasteiger partial charge in [-0.15, -0.1) is 0 Å². The number of nitrogens with zero attached hydrogens (tertiary/aromatic N) is 1. The van der Waals surface area contributed by atoms with E-state index in [1.165, 1.54) is 11.3 Å². The van der Waals surface area contributed by atoms with Crippen molar-refractivity contribution >= 4 is 16.3 Å². The van der Waals surface area contributed by atoms with Gasteiger partial charge in [-0.25, -0.2) is 0 Å². The monoisotopic (exact) mass is 244 g/mol. The van der Waals surface area contributed by atoms with E-state index >= 15 is 0 Å². The summed E-state index contributed by atoms with van der Waals surface area (Å²) in [5, 5.41) is 15.7. The zero-order valence-corrected chi connectivity index (χ0v) is 10.1. The summed E-state index contributed by atoms with van der Waals surface area (Å²) in [5.41, 5.74) is 0.966. The second-order valence-corrected chi connectivity index (χ2v) is 4.17. The van der Waals surface area contributed by atoms with E-state index in [0.29, 0.717) is 6.54 Å². The summed E-state index contributed by atoms with van der Waals surface area (Å²) in [6.45, 7) is 5.02. The minimum Gasteiger partial charge on any atom is -0.382 e. The van der Waals surface area contributed by atoms with Gasteiger partial charge in [0, 0.05) is 31.2 Å². The summed E-state index contributed by atoms with van der Waals surface area (Å²) in [6, 6.07) is 1.61. The molecule has 0 saturated heterocycles. The van der Waals surface area contributed by atoms with Crippen LogP contribution in [-0.4, -0.2) is 24.7 Å². The molecule has 0 aliphatic carbocycles. The molecule has 0 amide bonds. The Morgan fingerprint density at radius 2 is 2.44 bits per heavy atom. The molecule has 0 spiro atoms. The van der Waals surface area contributed by atoms with Crippen molar-refractivity contribution in [3.63, 3.8) is 0 Å². The van der Waals surface area contributed by atoms with Crippen LogP contribution in [0.25, 0.3) is 0 Å². The van der Waals surface area contributed by atoms with Gasteiger partial charge in [0.1, 0.15) is 0 Å². The lowest BCUT2D eigenvalue weighted by molar-refractivity contribution is -0.380. The predicted octanol–water partition coefficient (Wildman–Crippen LogP) is 2.17. The van der Waals surface area contributed by atoms with Crippen LogP contribution >= 0.6 is 11.3 Å². The Labute approximate surface area is 98.6 Å². The number of nitro groups is 1. The number of hydrogen-bond acceptors (Lipinski definition) is 5. The molecule has 6 heteroatoms. The third-order valence-corrected chi connectivity index (χ3v) is 2.92. The first-order valence-electron chi connectivity index (χ1n) is 5.24. The summed E-state index contributed by atoms with van der Waals surface area (Å²) in [5.74, 6) is 0. The van der Waals surface area contributed by atoms with Crippen molar-refractivity contribution in [3.05, 3.63) is 27.1 Å². The molecule has 1 rings (SSSR count). The maximum absolute atomic E-state index is 10.4. The number of ether oxygens (including phenoxy) is 1. The van der Waals surface area contributed by atoms with E-state index in [0.717, 1.165) is 31.7 Å². The van der Waals surface area contributed by atoms with Crippen LogP contribution in [0.5, 0.6) is 0 Å². The van der Waals surface area contributed by atoms with Crippen molar-refractivity contribution in [2.24, 2.45) is 0 Å². The minimum atomic E-state index is -0.358. The Morgan fingerprint density at radius 1 is 1.62 bits per heavy atom. The lowest BCUT2D eigenvalue weighted by Crippen LogP contribution is -2.15. The third-order valence-electron chi connectivity index (χ3n) is 2.00. The van der Waals surface area contributed by atoms with Crippen LogP contribution in [0.15, 0.2) is 11.4 Å². The van der Waals surface area contributed by atoms with Gasteiger partial charge in [-0.05, 0) is 25.5 Å². The molecule has 0 bridgehead atoms. The van der Waals surface area contributed by atoms with Crippen molar-refractivity contribution in [1.29, 1.82) is 0 Å². The zero-order valence-electron chi connectivity index (χ0n) is 9.27. The number of hydrogen-bond donors (Lipinski definition) is 1. The molecule has 0 aliphatic heterocycles. The van der Waals surface area contributed by atoms with Crippen LogP contribution in [0, 0.1) is 10.1 Å². The van der Waals surface area contributed by atoms with E-state index in [-0.39, 0.29) is 9.92 Å². The van der Waals surface area contributed by atoms with Crippen LogP contribution in [-0.2, 0) is 11.3 Å². The number of nitrogens with one attached hydrogen (secondary N) is 1. The molecule has 1 aromatic rings. The molecular weight excluding hydrogens is 228 g/mol. The topological polar surface area (TPSA) is 64.4 Å². The highest BCUT2D eigenvalue weighted by atomic mass is 32.1. The predicted molar refractivity (Wildman–Crippen MR) is 63.8 cm³/mol. The maximum Gasteiger partial charge on any atom is 0.324 e. The first-order valence-corrected chi connectivity index (χ1v) is 6.12. The second kappa shape index (κ2) is 7.32. The number of thiophene rings is 1. The summed E-state index contributed by atoms with van der Waals surface area (Å²) < 4.78 is 5.19. The molecule has 1 heterocycles. The molecule has 0 radical (unpaired) electrons. The third kappa shape index (κ3) is 4.69. The first-order chi connectivity index (χ1) is 7.74. The summed E-state index contributed by atoms with van der Waals surface area (Å²) in [7, 11) is 0. The van der Waals surface area contributed by atoms with Gasteiger partial charge in [-0.3, -0.25) is 10.1 Å². The largest absolute Gasteiger partial charge is 0.382 e. The SMILES string of the molecule is CCOCCCNCc1csc([N+](=O)[O-])c1. The van der Waals surface area contributed by atoms with E-state index in [2.05, 4.69) is 5.32 Å². The average Bonchev–Trinajstić information content (AvgIpc) is 2.72. The molecule has 0 aromatic carbocycles. The second-order valence-electron chi connectivity index (χ2n) is 3.28. The molecule has 90 valence electrons. The Kier molecular flexibility index (Phi) is 5.99. The van der Waals surface area contributed by atoms with E-state index in [1.54, 1.807) is 6.07 Å². The van der Waals surface area contributed by atoms with Crippen LogP contribution in [0.4, 0.5) is 5.00 Å². The van der Waals surface area contributed by atoms with Crippen LogP contribution < -0.4 is 5.32 Å². The van der Waals surface area contributed by atoms with Crippen molar-refractivity contribution in [2.45, 2.75) is 19.9 Å². The molecule has 1 N–H and O–H groups in total. The van der Waals surface area contributed by atoms with E-state index in [4.69, 9.17) is 4.74 Å². The van der Waals surface area contributed by atoms with E-state index in [9.17, 15) is 10.1 Å². The maximum atomic E-state index is 10.4.